The monoisotopic (exact) mass is 228 g/mol. The molecule has 3 nitrogen and oxygen atoms in total. The van der Waals surface area contributed by atoms with Crippen LogP contribution in [-0.2, 0) is 4.79 Å². The fourth-order valence-corrected chi connectivity index (χ4v) is 3.55. The topological polar surface area (TPSA) is 32.3 Å². The fourth-order valence-electron chi connectivity index (χ4n) is 2.62. The van der Waals surface area contributed by atoms with E-state index in [2.05, 4.69) is 24.1 Å². The van der Waals surface area contributed by atoms with Gasteiger partial charge in [0.15, 0.2) is 0 Å². The van der Waals surface area contributed by atoms with E-state index in [-0.39, 0.29) is 6.04 Å². The summed E-state index contributed by atoms with van der Waals surface area (Å²) in [5.41, 5.74) is 0. The van der Waals surface area contributed by atoms with Crippen molar-refractivity contribution in [2.75, 3.05) is 24.7 Å². The van der Waals surface area contributed by atoms with Gasteiger partial charge in [0.25, 0.3) is 0 Å². The molecule has 2 fully saturated rings. The van der Waals surface area contributed by atoms with E-state index in [4.69, 9.17) is 0 Å². The number of carbonyl (C=O) groups excluding carboxylic acids is 1. The van der Waals surface area contributed by atoms with Gasteiger partial charge in [0.2, 0.25) is 5.91 Å². The summed E-state index contributed by atoms with van der Waals surface area (Å²) in [5.74, 6) is 3.50. The minimum Gasteiger partial charge on any atom is -0.341 e. The van der Waals surface area contributed by atoms with Gasteiger partial charge in [0.05, 0.1) is 6.04 Å². The average molecular weight is 228 g/mol. The zero-order valence-corrected chi connectivity index (χ0v) is 10.3. The van der Waals surface area contributed by atoms with E-state index in [1.54, 1.807) is 0 Å². The van der Waals surface area contributed by atoms with Crippen molar-refractivity contribution in [1.82, 2.24) is 10.2 Å². The molecule has 4 heteroatoms. The van der Waals surface area contributed by atoms with Crippen molar-refractivity contribution in [2.24, 2.45) is 11.8 Å². The van der Waals surface area contributed by atoms with Crippen LogP contribution in [0.4, 0.5) is 0 Å². The lowest BCUT2D eigenvalue weighted by molar-refractivity contribution is -0.135. The van der Waals surface area contributed by atoms with Crippen molar-refractivity contribution in [3.63, 3.8) is 0 Å². The van der Waals surface area contributed by atoms with Crippen molar-refractivity contribution in [1.29, 1.82) is 0 Å². The first-order valence-corrected chi connectivity index (χ1v) is 6.92. The smallest absolute Gasteiger partial charge is 0.240 e. The molecule has 2 rings (SSSR count). The van der Waals surface area contributed by atoms with E-state index in [9.17, 15) is 4.79 Å². The van der Waals surface area contributed by atoms with Crippen LogP contribution in [0.25, 0.3) is 0 Å². The number of nitrogens with one attached hydrogen (secondary N) is 1. The number of carbonyl (C=O) groups is 1. The minimum atomic E-state index is 0.0764. The quantitative estimate of drug-likeness (QED) is 0.731. The molecular weight excluding hydrogens is 208 g/mol. The van der Waals surface area contributed by atoms with Crippen molar-refractivity contribution in [2.45, 2.75) is 26.3 Å². The number of hydrogen-bond donors (Lipinski definition) is 1. The highest BCUT2D eigenvalue weighted by molar-refractivity contribution is 7.99. The molecule has 0 bridgehead atoms. The van der Waals surface area contributed by atoms with Crippen molar-refractivity contribution < 1.29 is 4.79 Å². The molecule has 0 aromatic carbocycles. The predicted octanol–water partition coefficient (Wildman–Crippen LogP) is 1.15. The molecule has 0 saturated carbocycles. The molecular formula is C11H20N2OS. The normalized spacial score (nSPS) is 36.9. The van der Waals surface area contributed by atoms with E-state index in [0.29, 0.717) is 17.7 Å². The van der Waals surface area contributed by atoms with Crippen LogP contribution in [-0.4, -0.2) is 41.6 Å². The summed E-state index contributed by atoms with van der Waals surface area (Å²) in [7, 11) is 0. The Morgan fingerprint density at radius 1 is 1.33 bits per heavy atom. The molecule has 0 aliphatic carbocycles. The zero-order chi connectivity index (χ0) is 10.8. The number of piperidine rings is 1. The molecule has 0 aromatic rings. The lowest BCUT2D eigenvalue weighted by Gasteiger charge is -2.36. The Balaban J connectivity index is 1.93. The highest BCUT2D eigenvalue weighted by Gasteiger charge is 2.31. The summed E-state index contributed by atoms with van der Waals surface area (Å²) in [5, 5.41) is 3.26. The number of amides is 1. The Hall–Kier alpha value is -0.220. The Morgan fingerprint density at radius 2 is 2.00 bits per heavy atom. The van der Waals surface area contributed by atoms with Gasteiger partial charge in [-0.1, -0.05) is 13.8 Å². The molecule has 15 heavy (non-hydrogen) atoms. The largest absolute Gasteiger partial charge is 0.341 e. The zero-order valence-electron chi connectivity index (χ0n) is 9.53. The van der Waals surface area contributed by atoms with E-state index < -0.39 is 0 Å². The molecule has 2 aliphatic heterocycles. The first-order chi connectivity index (χ1) is 7.16. The first kappa shape index (κ1) is 11.3. The predicted molar refractivity (Wildman–Crippen MR) is 63.8 cm³/mol. The van der Waals surface area contributed by atoms with Gasteiger partial charge in [-0.25, -0.2) is 0 Å². The standard InChI is InChI=1S/C11H20N2OS/c1-8-3-9(2)5-13(4-8)11(14)10-6-15-7-12-10/h8-10,12H,3-7H2,1-2H3. The highest BCUT2D eigenvalue weighted by atomic mass is 32.2. The van der Waals surface area contributed by atoms with Gasteiger partial charge < -0.3 is 4.90 Å². The van der Waals surface area contributed by atoms with Crippen LogP contribution in [0.2, 0.25) is 0 Å². The first-order valence-electron chi connectivity index (χ1n) is 5.76. The minimum absolute atomic E-state index is 0.0764. The number of thioether (sulfide) groups is 1. The molecule has 0 radical (unpaired) electrons. The average Bonchev–Trinajstić information content (AvgIpc) is 2.67. The number of rotatable bonds is 1. The summed E-state index contributed by atoms with van der Waals surface area (Å²) < 4.78 is 0. The van der Waals surface area contributed by atoms with E-state index >= 15 is 0 Å². The van der Waals surface area contributed by atoms with Crippen LogP contribution >= 0.6 is 11.8 Å². The van der Waals surface area contributed by atoms with Gasteiger partial charge in [0.1, 0.15) is 0 Å². The van der Waals surface area contributed by atoms with Gasteiger partial charge in [-0.2, -0.15) is 0 Å². The van der Waals surface area contributed by atoms with Crippen LogP contribution in [0.5, 0.6) is 0 Å². The van der Waals surface area contributed by atoms with Crippen molar-refractivity contribution in [3.05, 3.63) is 0 Å². The molecule has 86 valence electrons. The molecule has 0 aromatic heterocycles. The molecule has 1 amide bonds. The van der Waals surface area contributed by atoms with E-state index in [1.165, 1.54) is 6.42 Å². The molecule has 3 unspecified atom stereocenters. The second-order valence-electron chi connectivity index (χ2n) is 4.96. The van der Waals surface area contributed by atoms with Crippen LogP contribution in [0.3, 0.4) is 0 Å². The Kier molecular flexibility index (Phi) is 3.57. The lowest BCUT2D eigenvalue weighted by Crippen LogP contribution is -2.50. The third-order valence-corrected chi connectivity index (χ3v) is 4.13. The van der Waals surface area contributed by atoms with Crippen LogP contribution in [0.15, 0.2) is 0 Å². The van der Waals surface area contributed by atoms with Crippen molar-refractivity contribution >= 4 is 17.7 Å². The molecule has 2 heterocycles. The Morgan fingerprint density at radius 3 is 2.53 bits per heavy atom. The van der Waals surface area contributed by atoms with Gasteiger partial charge >= 0.3 is 0 Å². The number of nitrogens with zero attached hydrogens (tertiary/aromatic N) is 1. The summed E-state index contributed by atoms with van der Waals surface area (Å²) in [6.07, 6.45) is 1.26. The Labute approximate surface area is 96.0 Å². The molecule has 2 saturated heterocycles. The third-order valence-electron chi connectivity index (χ3n) is 3.19. The number of hydrogen-bond acceptors (Lipinski definition) is 3. The molecule has 1 N–H and O–H groups in total. The molecule has 3 atom stereocenters. The number of likely N-dealkylation sites (tertiary alicyclic amines) is 1. The van der Waals surface area contributed by atoms with Gasteiger partial charge in [-0.05, 0) is 18.3 Å². The van der Waals surface area contributed by atoms with Crippen LogP contribution in [0, 0.1) is 11.8 Å². The van der Waals surface area contributed by atoms with Gasteiger partial charge in [0, 0.05) is 24.7 Å². The summed E-state index contributed by atoms with van der Waals surface area (Å²) in [4.78, 5) is 14.2. The summed E-state index contributed by atoms with van der Waals surface area (Å²) in [6, 6.07) is 0.0764. The van der Waals surface area contributed by atoms with Crippen molar-refractivity contribution in [3.8, 4) is 0 Å². The maximum Gasteiger partial charge on any atom is 0.240 e. The lowest BCUT2D eigenvalue weighted by atomic mass is 9.91. The fraction of sp³-hybridized carbons (Fsp3) is 0.909. The van der Waals surface area contributed by atoms with E-state index in [1.807, 2.05) is 11.8 Å². The van der Waals surface area contributed by atoms with Gasteiger partial charge in [-0.15, -0.1) is 11.8 Å². The SMILES string of the molecule is CC1CC(C)CN(C(=O)C2CSCN2)C1. The maximum absolute atomic E-state index is 12.1. The highest BCUT2D eigenvalue weighted by Crippen LogP contribution is 2.22. The third kappa shape index (κ3) is 2.67. The van der Waals surface area contributed by atoms with Crippen LogP contribution in [0.1, 0.15) is 20.3 Å². The second kappa shape index (κ2) is 4.74. The summed E-state index contributed by atoms with van der Waals surface area (Å²) >= 11 is 1.82. The maximum atomic E-state index is 12.1. The summed E-state index contributed by atoms with van der Waals surface area (Å²) in [6.45, 7) is 6.39. The van der Waals surface area contributed by atoms with E-state index in [0.717, 1.165) is 24.7 Å². The molecule has 2 aliphatic rings. The Bertz CT molecular complexity index is 231. The van der Waals surface area contributed by atoms with Crippen LogP contribution < -0.4 is 5.32 Å². The second-order valence-corrected chi connectivity index (χ2v) is 5.99. The van der Waals surface area contributed by atoms with Gasteiger partial charge in [-0.3, -0.25) is 10.1 Å². The molecule has 0 spiro atoms.